The number of methoxy groups -OCH3 is 1. The van der Waals surface area contributed by atoms with Crippen molar-refractivity contribution in [3.8, 4) is 11.5 Å². The average molecular weight is 302 g/mol. The highest BCUT2D eigenvalue weighted by molar-refractivity contribution is 5.82. The lowest BCUT2D eigenvalue weighted by atomic mass is 10.2. The largest absolute Gasteiger partial charge is 0.493 e. The van der Waals surface area contributed by atoms with Gasteiger partial charge in [0, 0.05) is 24.2 Å². The molecular weight excluding hydrogens is 280 g/mol. The number of pyridine rings is 1. The molecule has 1 aliphatic heterocycles. The Hall–Kier alpha value is -1.85. The lowest BCUT2D eigenvalue weighted by Gasteiger charge is -2.20. The summed E-state index contributed by atoms with van der Waals surface area (Å²) in [6, 6.07) is 7.64. The minimum Gasteiger partial charge on any atom is -0.493 e. The predicted molar refractivity (Wildman–Crippen MR) is 85.5 cm³/mol. The Morgan fingerprint density at radius 2 is 2.09 bits per heavy atom. The molecule has 0 aliphatic carbocycles. The normalized spacial score (nSPS) is 16.8. The summed E-state index contributed by atoms with van der Waals surface area (Å²) in [5.74, 6) is 1.28. The van der Waals surface area contributed by atoms with Crippen LogP contribution in [0.4, 0.5) is 0 Å². The van der Waals surface area contributed by atoms with Gasteiger partial charge in [-0.25, -0.2) is 0 Å². The first-order chi connectivity index (χ1) is 10.8. The molecule has 1 aliphatic rings. The zero-order valence-electron chi connectivity index (χ0n) is 12.9. The van der Waals surface area contributed by atoms with Crippen LogP contribution < -0.4 is 9.47 Å². The molecule has 0 amide bonds. The van der Waals surface area contributed by atoms with E-state index in [1.54, 1.807) is 13.3 Å². The second-order valence-electron chi connectivity index (χ2n) is 5.67. The summed E-state index contributed by atoms with van der Waals surface area (Å²) in [5, 5.41) is 11.1. The molecule has 1 N–H and O–H groups in total. The number of ether oxygens (including phenoxy) is 2. The number of β-amino-alcohol motifs (C(OH)–C–C–N with tert-alkyl or cyclic N) is 1. The van der Waals surface area contributed by atoms with Crippen LogP contribution in [0.5, 0.6) is 11.5 Å². The highest BCUT2D eigenvalue weighted by atomic mass is 16.5. The van der Waals surface area contributed by atoms with Crippen LogP contribution in [0.2, 0.25) is 0 Å². The van der Waals surface area contributed by atoms with Gasteiger partial charge in [0.2, 0.25) is 0 Å². The van der Waals surface area contributed by atoms with E-state index >= 15 is 0 Å². The van der Waals surface area contributed by atoms with Gasteiger partial charge >= 0.3 is 0 Å². The summed E-state index contributed by atoms with van der Waals surface area (Å²) >= 11 is 0. The van der Waals surface area contributed by atoms with E-state index < -0.39 is 6.10 Å². The number of fused-ring (bicyclic) bond motifs is 1. The number of aromatic nitrogens is 1. The number of hydrogen-bond donors (Lipinski definition) is 1. The zero-order chi connectivity index (χ0) is 15.4. The molecule has 2 aromatic rings. The summed E-state index contributed by atoms with van der Waals surface area (Å²) in [6.07, 6.45) is 3.69. The molecule has 1 aromatic heterocycles. The van der Waals surface area contributed by atoms with Crippen LogP contribution in [0.3, 0.4) is 0 Å². The topological polar surface area (TPSA) is 54.8 Å². The molecule has 1 atom stereocenters. The molecule has 1 saturated heterocycles. The molecule has 118 valence electrons. The maximum atomic E-state index is 10.1. The smallest absolute Gasteiger partial charge is 0.163 e. The van der Waals surface area contributed by atoms with Crippen molar-refractivity contribution in [3.63, 3.8) is 0 Å². The van der Waals surface area contributed by atoms with Gasteiger partial charge < -0.3 is 19.5 Å². The van der Waals surface area contributed by atoms with Crippen molar-refractivity contribution in [1.82, 2.24) is 9.88 Å². The van der Waals surface area contributed by atoms with Gasteiger partial charge in [-0.15, -0.1) is 0 Å². The Kier molecular flexibility index (Phi) is 4.75. The highest BCUT2D eigenvalue weighted by Crippen LogP contribution is 2.31. The van der Waals surface area contributed by atoms with Crippen molar-refractivity contribution >= 4 is 10.9 Å². The quantitative estimate of drug-likeness (QED) is 0.885. The first-order valence-corrected chi connectivity index (χ1v) is 7.72. The van der Waals surface area contributed by atoms with Crippen LogP contribution in [0.15, 0.2) is 30.5 Å². The number of nitrogens with zero attached hydrogens (tertiary/aromatic N) is 2. The van der Waals surface area contributed by atoms with Crippen LogP contribution in [0.1, 0.15) is 12.8 Å². The molecule has 0 bridgehead atoms. The lowest BCUT2D eigenvalue weighted by molar-refractivity contribution is 0.0747. The monoisotopic (exact) mass is 302 g/mol. The molecule has 1 aromatic carbocycles. The third-order valence-corrected chi connectivity index (χ3v) is 3.99. The maximum Gasteiger partial charge on any atom is 0.163 e. The van der Waals surface area contributed by atoms with Crippen molar-refractivity contribution in [2.75, 3.05) is 33.4 Å². The Balaban J connectivity index is 1.66. The van der Waals surface area contributed by atoms with Crippen molar-refractivity contribution in [2.45, 2.75) is 18.9 Å². The fraction of sp³-hybridized carbons (Fsp3) is 0.471. The SMILES string of the molecule is COc1cc2cccnc2cc1OCC(O)CN1CCCC1. The van der Waals surface area contributed by atoms with E-state index in [1.807, 2.05) is 24.3 Å². The van der Waals surface area contributed by atoms with Crippen LogP contribution in [-0.2, 0) is 0 Å². The standard InChI is InChI=1S/C17H22N2O3/c1-21-16-9-13-5-4-6-18-15(13)10-17(16)22-12-14(20)11-19-7-2-3-8-19/h4-6,9-10,14,20H,2-3,7-8,11-12H2,1H3. The third-order valence-electron chi connectivity index (χ3n) is 3.99. The van der Waals surface area contributed by atoms with E-state index in [1.165, 1.54) is 12.8 Å². The van der Waals surface area contributed by atoms with Gasteiger partial charge in [-0.2, -0.15) is 0 Å². The Labute approximate surface area is 130 Å². The second-order valence-corrected chi connectivity index (χ2v) is 5.67. The fourth-order valence-electron chi connectivity index (χ4n) is 2.85. The van der Waals surface area contributed by atoms with Crippen molar-refractivity contribution < 1.29 is 14.6 Å². The third kappa shape index (κ3) is 3.48. The van der Waals surface area contributed by atoms with Gasteiger partial charge in [-0.1, -0.05) is 6.07 Å². The Morgan fingerprint density at radius 3 is 2.86 bits per heavy atom. The fourth-order valence-corrected chi connectivity index (χ4v) is 2.85. The molecule has 22 heavy (non-hydrogen) atoms. The minimum absolute atomic E-state index is 0.255. The molecule has 1 fully saturated rings. The van der Waals surface area contributed by atoms with Gasteiger partial charge in [0.1, 0.15) is 12.7 Å². The van der Waals surface area contributed by atoms with Crippen LogP contribution in [0.25, 0.3) is 10.9 Å². The van der Waals surface area contributed by atoms with Crippen LogP contribution >= 0.6 is 0 Å². The first kappa shape index (κ1) is 15.1. The van der Waals surface area contributed by atoms with E-state index in [-0.39, 0.29) is 6.61 Å². The first-order valence-electron chi connectivity index (χ1n) is 7.72. The molecule has 3 rings (SSSR count). The van der Waals surface area contributed by atoms with E-state index in [9.17, 15) is 5.11 Å². The Morgan fingerprint density at radius 1 is 1.27 bits per heavy atom. The van der Waals surface area contributed by atoms with E-state index in [4.69, 9.17) is 9.47 Å². The maximum absolute atomic E-state index is 10.1. The van der Waals surface area contributed by atoms with Gasteiger partial charge in [0.25, 0.3) is 0 Å². The van der Waals surface area contributed by atoms with E-state index in [0.29, 0.717) is 18.0 Å². The summed E-state index contributed by atoms with van der Waals surface area (Å²) in [7, 11) is 1.62. The molecule has 5 nitrogen and oxygen atoms in total. The summed E-state index contributed by atoms with van der Waals surface area (Å²) < 4.78 is 11.1. The molecule has 1 unspecified atom stereocenters. The van der Waals surface area contributed by atoms with Gasteiger partial charge in [-0.05, 0) is 38.1 Å². The number of likely N-dealkylation sites (tertiary alicyclic amines) is 1. The Bertz CT molecular complexity index is 626. The van der Waals surface area contributed by atoms with Gasteiger partial charge in [0.05, 0.1) is 12.6 Å². The van der Waals surface area contributed by atoms with Crippen LogP contribution in [0, 0.1) is 0 Å². The van der Waals surface area contributed by atoms with Crippen molar-refractivity contribution in [2.24, 2.45) is 0 Å². The molecule has 0 saturated carbocycles. The molecule has 5 heteroatoms. The predicted octanol–water partition coefficient (Wildman–Crippen LogP) is 2.08. The number of aliphatic hydroxyl groups excluding tert-OH is 1. The molecule has 0 spiro atoms. The number of aliphatic hydroxyl groups is 1. The van der Waals surface area contributed by atoms with Gasteiger partial charge in [-0.3, -0.25) is 4.98 Å². The summed E-state index contributed by atoms with van der Waals surface area (Å²) in [6.45, 7) is 3.06. The molecular formula is C17H22N2O3. The average Bonchev–Trinajstić information content (AvgIpc) is 3.04. The summed E-state index contributed by atoms with van der Waals surface area (Å²) in [5.41, 5.74) is 0.854. The second kappa shape index (κ2) is 6.94. The lowest BCUT2D eigenvalue weighted by Crippen LogP contribution is -2.33. The number of rotatable bonds is 6. The highest BCUT2D eigenvalue weighted by Gasteiger charge is 2.17. The minimum atomic E-state index is -0.498. The van der Waals surface area contributed by atoms with Gasteiger partial charge in [0.15, 0.2) is 11.5 Å². The van der Waals surface area contributed by atoms with E-state index in [0.717, 1.165) is 24.0 Å². The molecule has 2 heterocycles. The van der Waals surface area contributed by atoms with E-state index in [2.05, 4.69) is 9.88 Å². The number of hydrogen-bond acceptors (Lipinski definition) is 5. The van der Waals surface area contributed by atoms with Crippen molar-refractivity contribution in [3.05, 3.63) is 30.5 Å². The molecule has 0 radical (unpaired) electrons. The number of benzene rings is 1. The zero-order valence-corrected chi connectivity index (χ0v) is 12.9. The van der Waals surface area contributed by atoms with Crippen LogP contribution in [-0.4, -0.2) is 54.4 Å². The summed E-state index contributed by atoms with van der Waals surface area (Å²) in [4.78, 5) is 6.59. The van der Waals surface area contributed by atoms with Crippen molar-refractivity contribution in [1.29, 1.82) is 0 Å².